The van der Waals surface area contributed by atoms with Crippen molar-refractivity contribution in [3.63, 3.8) is 0 Å². The number of ether oxygens (including phenoxy) is 7. The molecule has 0 saturated carbocycles. The van der Waals surface area contributed by atoms with Crippen LogP contribution in [0.2, 0.25) is 0 Å². The lowest BCUT2D eigenvalue weighted by Crippen LogP contribution is -2.26. The van der Waals surface area contributed by atoms with Crippen LogP contribution >= 0.6 is 0 Å². The quantitative estimate of drug-likeness (QED) is 0.265. The Labute approximate surface area is 222 Å². The Bertz CT molecular complexity index is 1300. The lowest BCUT2D eigenvalue weighted by atomic mass is 9.79. The van der Waals surface area contributed by atoms with Crippen molar-refractivity contribution >= 4 is 5.97 Å². The lowest BCUT2D eigenvalue weighted by molar-refractivity contribution is -0.146. The van der Waals surface area contributed by atoms with Crippen LogP contribution < -0.4 is 23.7 Å². The van der Waals surface area contributed by atoms with Crippen LogP contribution in [0.5, 0.6) is 28.7 Å². The Morgan fingerprint density at radius 1 is 0.842 bits per heavy atom. The Morgan fingerprint density at radius 2 is 1.63 bits per heavy atom. The molecule has 0 saturated heterocycles. The molecule has 0 fully saturated rings. The Morgan fingerprint density at radius 3 is 2.39 bits per heavy atom. The average Bonchev–Trinajstić information content (AvgIpc) is 3.56. The molecule has 1 aliphatic heterocycles. The second-order valence-corrected chi connectivity index (χ2v) is 9.21. The molecule has 1 heterocycles. The maximum atomic E-state index is 13.6. The van der Waals surface area contributed by atoms with Crippen molar-refractivity contribution in [3.05, 3.63) is 76.9 Å². The van der Waals surface area contributed by atoms with Gasteiger partial charge in [0.1, 0.15) is 17.2 Å². The SMILES string of the molecule is CCCOc1ccc2c(c1)[C@@H](c1ccc(OC)cc1OCOC)[C@@H](C(=O)OC)[C@H]2c1ccc2c(c1)OCO2. The third-order valence-corrected chi connectivity index (χ3v) is 7.04. The minimum atomic E-state index is -0.574. The Balaban J connectivity index is 1.70. The standard InChI is InChI=1S/C30H32O8/c1-5-12-35-20-8-9-21-23(14-20)28(22-10-7-19(33-3)15-25(22)36-16-32-2)29(30(31)34-4)27(21)18-6-11-24-26(13-18)38-17-37-24/h6-11,13-15,27-29H,5,12,16-17H2,1-4H3/t27-,28+,29-/m0/s1. The van der Waals surface area contributed by atoms with E-state index in [-0.39, 0.29) is 31.4 Å². The summed E-state index contributed by atoms with van der Waals surface area (Å²) in [7, 11) is 4.59. The van der Waals surface area contributed by atoms with Crippen LogP contribution in [0.4, 0.5) is 0 Å². The molecule has 0 aromatic heterocycles. The van der Waals surface area contributed by atoms with Gasteiger partial charge in [0.15, 0.2) is 18.3 Å². The first-order chi connectivity index (χ1) is 18.6. The highest BCUT2D eigenvalue weighted by Crippen LogP contribution is 2.56. The summed E-state index contributed by atoms with van der Waals surface area (Å²) in [5.41, 5.74) is 3.75. The topological polar surface area (TPSA) is 81.7 Å². The predicted octanol–water partition coefficient (Wildman–Crippen LogP) is 5.26. The molecule has 0 bridgehead atoms. The van der Waals surface area contributed by atoms with E-state index in [0.717, 1.165) is 34.4 Å². The fourth-order valence-electron chi connectivity index (χ4n) is 5.40. The molecule has 1 aliphatic carbocycles. The average molecular weight is 521 g/mol. The largest absolute Gasteiger partial charge is 0.497 e. The number of hydrogen-bond donors (Lipinski definition) is 0. The molecule has 200 valence electrons. The maximum Gasteiger partial charge on any atom is 0.310 e. The smallest absolute Gasteiger partial charge is 0.310 e. The second kappa shape index (κ2) is 11.2. The van der Waals surface area contributed by atoms with Crippen molar-refractivity contribution in [3.8, 4) is 28.7 Å². The van der Waals surface area contributed by atoms with Gasteiger partial charge in [-0.05, 0) is 53.4 Å². The Kier molecular flexibility index (Phi) is 7.60. The summed E-state index contributed by atoms with van der Waals surface area (Å²) in [4.78, 5) is 13.6. The molecule has 0 spiro atoms. The number of hydrogen-bond acceptors (Lipinski definition) is 8. The van der Waals surface area contributed by atoms with Crippen LogP contribution in [0.1, 0.15) is 47.4 Å². The van der Waals surface area contributed by atoms with E-state index in [1.165, 1.54) is 7.11 Å². The van der Waals surface area contributed by atoms with Crippen molar-refractivity contribution in [1.82, 2.24) is 0 Å². The van der Waals surface area contributed by atoms with Crippen molar-refractivity contribution in [2.45, 2.75) is 25.2 Å². The minimum absolute atomic E-state index is 0.0495. The highest BCUT2D eigenvalue weighted by atomic mass is 16.7. The second-order valence-electron chi connectivity index (χ2n) is 9.21. The molecule has 3 aromatic rings. The molecule has 3 aromatic carbocycles. The van der Waals surface area contributed by atoms with E-state index in [1.54, 1.807) is 14.2 Å². The molecule has 8 heteroatoms. The van der Waals surface area contributed by atoms with Crippen LogP contribution in [0.25, 0.3) is 0 Å². The zero-order valence-corrected chi connectivity index (χ0v) is 22.0. The summed E-state index contributed by atoms with van der Waals surface area (Å²) in [6, 6.07) is 17.5. The zero-order valence-electron chi connectivity index (χ0n) is 22.0. The first kappa shape index (κ1) is 25.7. The van der Waals surface area contributed by atoms with Gasteiger partial charge < -0.3 is 33.2 Å². The third-order valence-electron chi connectivity index (χ3n) is 7.04. The molecular formula is C30H32O8. The number of rotatable bonds is 10. The molecule has 8 nitrogen and oxygen atoms in total. The van der Waals surface area contributed by atoms with E-state index in [0.29, 0.717) is 29.6 Å². The number of carbonyl (C=O) groups excluding carboxylic acids is 1. The number of carbonyl (C=O) groups is 1. The maximum absolute atomic E-state index is 13.6. The first-order valence-corrected chi connectivity index (χ1v) is 12.6. The highest BCUT2D eigenvalue weighted by Gasteiger charge is 2.48. The summed E-state index contributed by atoms with van der Waals surface area (Å²) >= 11 is 0. The molecule has 0 N–H and O–H groups in total. The predicted molar refractivity (Wildman–Crippen MR) is 139 cm³/mol. The molecule has 2 aliphatic rings. The van der Waals surface area contributed by atoms with E-state index >= 15 is 0 Å². The molecule has 38 heavy (non-hydrogen) atoms. The van der Waals surface area contributed by atoms with Crippen LogP contribution in [0, 0.1) is 5.92 Å². The summed E-state index contributed by atoms with van der Waals surface area (Å²) in [5, 5.41) is 0. The van der Waals surface area contributed by atoms with Crippen LogP contribution in [-0.2, 0) is 14.3 Å². The van der Waals surface area contributed by atoms with Gasteiger partial charge in [-0.25, -0.2) is 0 Å². The molecule has 0 unspecified atom stereocenters. The van der Waals surface area contributed by atoms with Gasteiger partial charge in [-0.1, -0.05) is 25.1 Å². The summed E-state index contributed by atoms with van der Waals surface area (Å²) in [5.74, 6) is 1.74. The van der Waals surface area contributed by atoms with E-state index in [2.05, 4.69) is 6.92 Å². The highest BCUT2D eigenvalue weighted by molar-refractivity contribution is 5.80. The van der Waals surface area contributed by atoms with E-state index < -0.39 is 5.92 Å². The monoisotopic (exact) mass is 520 g/mol. The first-order valence-electron chi connectivity index (χ1n) is 12.6. The molecule has 0 radical (unpaired) electrons. The fourth-order valence-corrected chi connectivity index (χ4v) is 5.40. The van der Waals surface area contributed by atoms with E-state index in [9.17, 15) is 4.79 Å². The minimum Gasteiger partial charge on any atom is -0.497 e. The normalized spacial score (nSPS) is 19.1. The van der Waals surface area contributed by atoms with Crippen molar-refractivity contribution < 1.29 is 38.0 Å². The molecule has 0 amide bonds. The van der Waals surface area contributed by atoms with Gasteiger partial charge in [0.25, 0.3) is 0 Å². The van der Waals surface area contributed by atoms with Crippen molar-refractivity contribution in [1.29, 1.82) is 0 Å². The zero-order chi connectivity index (χ0) is 26.6. The van der Waals surface area contributed by atoms with Crippen LogP contribution in [0.15, 0.2) is 54.6 Å². The molecular weight excluding hydrogens is 488 g/mol. The van der Waals surface area contributed by atoms with Gasteiger partial charge in [-0.3, -0.25) is 4.79 Å². The number of methoxy groups -OCH3 is 3. The van der Waals surface area contributed by atoms with Crippen LogP contribution in [0.3, 0.4) is 0 Å². The summed E-state index contributed by atoms with van der Waals surface area (Å²) in [6.07, 6.45) is 0.888. The number of benzene rings is 3. The van der Waals surface area contributed by atoms with Gasteiger partial charge in [-0.15, -0.1) is 0 Å². The fraction of sp³-hybridized carbons (Fsp3) is 0.367. The van der Waals surface area contributed by atoms with Gasteiger partial charge in [0.05, 0.1) is 26.7 Å². The summed E-state index contributed by atoms with van der Waals surface area (Å²) in [6.45, 7) is 2.89. The van der Waals surface area contributed by atoms with Gasteiger partial charge in [0.2, 0.25) is 6.79 Å². The van der Waals surface area contributed by atoms with Gasteiger partial charge in [0, 0.05) is 30.6 Å². The summed E-state index contributed by atoms with van der Waals surface area (Å²) < 4.78 is 39.2. The van der Waals surface area contributed by atoms with E-state index in [1.807, 2.05) is 54.6 Å². The van der Waals surface area contributed by atoms with Crippen molar-refractivity contribution in [2.75, 3.05) is 41.5 Å². The lowest BCUT2D eigenvalue weighted by Gasteiger charge is -2.26. The number of fused-ring (bicyclic) bond motifs is 2. The van der Waals surface area contributed by atoms with E-state index in [4.69, 9.17) is 33.2 Å². The number of esters is 1. The molecule has 5 rings (SSSR count). The van der Waals surface area contributed by atoms with Gasteiger partial charge in [-0.2, -0.15) is 0 Å². The third kappa shape index (κ3) is 4.72. The van der Waals surface area contributed by atoms with Gasteiger partial charge >= 0.3 is 5.97 Å². The van der Waals surface area contributed by atoms with Crippen LogP contribution in [-0.4, -0.2) is 47.5 Å². The molecule has 3 atom stereocenters. The van der Waals surface area contributed by atoms with Crippen molar-refractivity contribution in [2.24, 2.45) is 5.92 Å². The Hall–Kier alpha value is -3.91.